The Morgan fingerprint density at radius 3 is 2.42 bits per heavy atom. The quantitative estimate of drug-likeness (QED) is 0.808. The zero-order chi connectivity index (χ0) is 14.5. The van der Waals surface area contributed by atoms with Gasteiger partial charge in [-0.05, 0) is 37.1 Å². The van der Waals surface area contributed by atoms with E-state index in [1.54, 1.807) is 19.2 Å². The van der Waals surface area contributed by atoms with Gasteiger partial charge in [0, 0.05) is 26.7 Å². The minimum Gasteiger partial charge on any atom is -0.383 e. The van der Waals surface area contributed by atoms with Crippen molar-refractivity contribution in [1.82, 2.24) is 4.31 Å². The number of hydrogen-bond acceptors (Lipinski definition) is 4. The van der Waals surface area contributed by atoms with Crippen molar-refractivity contribution < 1.29 is 13.2 Å². The summed E-state index contributed by atoms with van der Waals surface area (Å²) in [6.45, 7) is 5.09. The molecule has 1 aromatic rings. The maximum absolute atomic E-state index is 12.5. The zero-order valence-electron chi connectivity index (χ0n) is 11.7. The Bertz CT molecular complexity index is 515. The van der Waals surface area contributed by atoms with Crippen molar-refractivity contribution in [3.05, 3.63) is 29.3 Å². The number of rotatable bonds is 7. The van der Waals surface area contributed by atoms with Crippen LogP contribution in [0.5, 0.6) is 0 Å². The lowest BCUT2D eigenvalue weighted by Gasteiger charge is -2.21. The average Bonchev–Trinajstić information content (AvgIpc) is 2.37. The molecule has 2 N–H and O–H groups in total. The van der Waals surface area contributed by atoms with Crippen LogP contribution in [0, 0.1) is 13.8 Å². The number of sulfonamides is 1. The van der Waals surface area contributed by atoms with E-state index in [-0.39, 0.29) is 6.54 Å². The molecule has 0 saturated carbocycles. The highest BCUT2D eigenvalue weighted by atomic mass is 32.2. The van der Waals surface area contributed by atoms with Crippen LogP contribution in [-0.2, 0) is 14.8 Å². The second kappa shape index (κ2) is 7.00. The molecule has 108 valence electrons. The van der Waals surface area contributed by atoms with Gasteiger partial charge in [-0.25, -0.2) is 8.42 Å². The van der Waals surface area contributed by atoms with Crippen molar-refractivity contribution in [2.75, 3.05) is 33.4 Å². The predicted octanol–water partition coefficient (Wildman–Crippen LogP) is 0.899. The van der Waals surface area contributed by atoms with Crippen LogP contribution in [0.25, 0.3) is 0 Å². The highest BCUT2D eigenvalue weighted by Crippen LogP contribution is 2.18. The van der Waals surface area contributed by atoms with E-state index < -0.39 is 10.0 Å². The molecular weight excluding hydrogens is 264 g/mol. The molecule has 19 heavy (non-hydrogen) atoms. The summed E-state index contributed by atoms with van der Waals surface area (Å²) in [4.78, 5) is 0.306. The number of ether oxygens (including phenoxy) is 1. The minimum atomic E-state index is -3.50. The van der Waals surface area contributed by atoms with E-state index in [0.717, 1.165) is 11.1 Å². The van der Waals surface area contributed by atoms with Crippen molar-refractivity contribution in [3.8, 4) is 0 Å². The zero-order valence-corrected chi connectivity index (χ0v) is 12.5. The van der Waals surface area contributed by atoms with E-state index in [9.17, 15) is 8.42 Å². The fourth-order valence-corrected chi connectivity index (χ4v) is 3.24. The van der Waals surface area contributed by atoms with Gasteiger partial charge >= 0.3 is 0 Å². The first-order chi connectivity index (χ1) is 8.93. The summed E-state index contributed by atoms with van der Waals surface area (Å²) in [5, 5.41) is 0. The first-order valence-corrected chi connectivity index (χ1v) is 7.64. The van der Waals surface area contributed by atoms with E-state index >= 15 is 0 Å². The van der Waals surface area contributed by atoms with Crippen LogP contribution in [0.3, 0.4) is 0 Å². The van der Waals surface area contributed by atoms with Crippen molar-refractivity contribution in [2.24, 2.45) is 5.73 Å². The van der Waals surface area contributed by atoms with Crippen molar-refractivity contribution in [1.29, 1.82) is 0 Å². The van der Waals surface area contributed by atoms with E-state index in [4.69, 9.17) is 10.5 Å². The first kappa shape index (κ1) is 16.1. The highest BCUT2D eigenvalue weighted by Gasteiger charge is 2.23. The summed E-state index contributed by atoms with van der Waals surface area (Å²) in [6, 6.07) is 5.15. The third-order valence-corrected chi connectivity index (χ3v) is 4.93. The summed E-state index contributed by atoms with van der Waals surface area (Å²) in [7, 11) is -1.96. The smallest absolute Gasteiger partial charge is 0.243 e. The summed E-state index contributed by atoms with van der Waals surface area (Å²) < 4.78 is 31.3. The lowest BCUT2D eigenvalue weighted by Crippen LogP contribution is -2.37. The SMILES string of the molecule is COCCN(CCN)S(=O)(=O)c1ccc(C)c(C)c1. The molecule has 0 heterocycles. The molecule has 0 aliphatic carbocycles. The average molecular weight is 286 g/mol. The molecule has 1 aromatic carbocycles. The number of nitrogens with two attached hydrogens (primary N) is 1. The maximum Gasteiger partial charge on any atom is 0.243 e. The van der Waals surface area contributed by atoms with Crippen LogP contribution in [0.15, 0.2) is 23.1 Å². The topological polar surface area (TPSA) is 72.6 Å². The summed E-state index contributed by atoms with van der Waals surface area (Å²) >= 11 is 0. The van der Waals surface area contributed by atoms with Gasteiger partial charge in [0.15, 0.2) is 0 Å². The lowest BCUT2D eigenvalue weighted by molar-refractivity contribution is 0.179. The van der Waals surface area contributed by atoms with Crippen LogP contribution in [-0.4, -0.2) is 46.1 Å². The van der Waals surface area contributed by atoms with Crippen LogP contribution in [0.2, 0.25) is 0 Å². The second-order valence-corrected chi connectivity index (χ2v) is 6.37. The number of nitrogens with zero attached hydrogens (tertiary/aromatic N) is 1. The highest BCUT2D eigenvalue weighted by molar-refractivity contribution is 7.89. The molecule has 0 radical (unpaired) electrons. The molecule has 6 heteroatoms. The third-order valence-electron chi connectivity index (χ3n) is 3.04. The van der Waals surface area contributed by atoms with E-state index in [0.29, 0.717) is 24.6 Å². The van der Waals surface area contributed by atoms with Gasteiger partial charge < -0.3 is 10.5 Å². The molecule has 0 aliphatic rings. The Morgan fingerprint density at radius 2 is 1.89 bits per heavy atom. The fourth-order valence-electron chi connectivity index (χ4n) is 1.71. The molecule has 0 aliphatic heterocycles. The number of hydrogen-bond donors (Lipinski definition) is 1. The molecule has 0 aromatic heterocycles. The summed E-state index contributed by atoms with van der Waals surface area (Å²) in [5.74, 6) is 0. The van der Waals surface area contributed by atoms with Gasteiger partial charge in [0.05, 0.1) is 11.5 Å². The molecule has 0 saturated heterocycles. The van der Waals surface area contributed by atoms with Gasteiger partial charge in [0.1, 0.15) is 0 Å². The lowest BCUT2D eigenvalue weighted by atomic mass is 10.1. The summed E-state index contributed by atoms with van der Waals surface area (Å²) in [5.41, 5.74) is 7.51. The largest absolute Gasteiger partial charge is 0.383 e. The number of benzene rings is 1. The summed E-state index contributed by atoms with van der Waals surface area (Å²) in [6.07, 6.45) is 0. The predicted molar refractivity (Wildman–Crippen MR) is 75.6 cm³/mol. The molecule has 0 spiro atoms. The van der Waals surface area contributed by atoms with E-state index in [2.05, 4.69) is 0 Å². The molecule has 0 amide bonds. The van der Waals surface area contributed by atoms with Gasteiger partial charge in [-0.1, -0.05) is 6.07 Å². The molecule has 0 atom stereocenters. The Morgan fingerprint density at radius 1 is 1.21 bits per heavy atom. The molecule has 0 unspecified atom stereocenters. The van der Waals surface area contributed by atoms with E-state index in [1.807, 2.05) is 19.9 Å². The van der Waals surface area contributed by atoms with Crippen molar-refractivity contribution >= 4 is 10.0 Å². The standard InChI is InChI=1S/C13H22N2O3S/c1-11-4-5-13(10-12(11)2)19(16,17)15(7-6-14)8-9-18-3/h4-5,10H,6-9,14H2,1-3H3. The van der Waals surface area contributed by atoms with Gasteiger partial charge in [-0.15, -0.1) is 0 Å². The fraction of sp³-hybridized carbons (Fsp3) is 0.538. The molecule has 0 bridgehead atoms. The van der Waals surface area contributed by atoms with Crippen LogP contribution >= 0.6 is 0 Å². The Labute approximate surface area is 115 Å². The van der Waals surface area contributed by atoms with Gasteiger partial charge in [0.2, 0.25) is 10.0 Å². The van der Waals surface area contributed by atoms with Gasteiger partial charge in [-0.2, -0.15) is 4.31 Å². The maximum atomic E-state index is 12.5. The van der Waals surface area contributed by atoms with Crippen molar-refractivity contribution in [3.63, 3.8) is 0 Å². The molecule has 5 nitrogen and oxygen atoms in total. The molecule has 1 rings (SSSR count). The monoisotopic (exact) mass is 286 g/mol. The Kier molecular flexibility index (Phi) is 5.93. The Balaban J connectivity index is 3.07. The van der Waals surface area contributed by atoms with Gasteiger partial charge in [0.25, 0.3) is 0 Å². The van der Waals surface area contributed by atoms with Gasteiger partial charge in [-0.3, -0.25) is 0 Å². The van der Waals surface area contributed by atoms with Crippen LogP contribution < -0.4 is 5.73 Å². The van der Waals surface area contributed by atoms with Crippen LogP contribution in [0.1, 0.15) is 11.1 Å². The normalized spacial score (nSPS) is 12.1. The van der Waals surface area contributed by atoms with E-state index in [1.165, 1.54) is 4.31 Å². The van der Waals surface area contributed by atoms with Crippen molar-refractivity contribution in [2.45, 2.75) is 18.7 Å². The first-order valence-electron chi connectivity index (χ1n) is 6.20. The minimum absolute atomic E-state index is 0.286. The second-order valence-electron chi connectivity index (χ2n) is 4.43. The third kappa shape index (κ3) is 4.01. The number of aryl methyl sites for hydroxylation is 2. The van der Waals surface area contributed by atoms with Crippen LogP contribution in [0.4, 0.5) is 0 Å². The number of methoxy groups -OCH3 is 1. The Hall–Kier alpha value is -0.950. The molecule has 0 fully saturated rings. The molecular formula is C13H22N2O3S.